The van der Waals surface area contributed by atoms with Crippen LogP contribution in [-0.4, -0.2) is 47.2 Å². The van der Waals surface area contributed by atoms with Crippen molar-refractivity contribution in [3.8, 4) is 0 Å². The molecule has 1 aliphatic rings. The number of hydrogen-bond donors (Lipinski definition) is 1. The smallest absolute Gasteiger partial charge is 0.334 e. The number of halogens is 1. The molecule has 114 valence electrons. The lowest BCUT2D eigenvalue weighted by Crippen LogP contribution is -2.51. The third-order valence-electron chi connectivity index (χ3n) is 3.40. The molecule has 0 aromatic heterocycles. The second-order valence-electron chi connectivity index (χ2n) is 5.20. The van der Waals surface area contributed by atoms with Crippen LogP contribution in [0.2, 0.25) is 0 Å². The molecule has 1 heterocycles. The number of nitrogens with zero attached hydrogens (tertiary/aromatic N) is 1. The molecular formula is C15H18BrNO4. The lowest BCUT2D eigenvalue weighted by molar-refractivity contribution is -0.166. The molecule has 1 saturated heterocycles. The summed E-state index contributed by atoms with van der Waals surface area (Å²) in [6.07, 6.45) is -0.171. The van der Waals surface area contributed by atoms with Crippen LogP contribution in [0.3, 0.4) is 0 Å². The summed E-state index contributed by atoms with van der Waals surface area (Å²) in [4.78, 5) is 24.8. The second-order valence-corrected chi connectivity index (χ2v) is 6.12. The molecule has 1 aromatic carbocycles. The molecular weight excluding hydrogens is 338 g/mol. The van der Waals surface area contributed by atoms with E-state index >= 15 is 0 Å². The SMILES string of the molecule is C[C@@H]1CN(C(=O)CCc2cccc(Br)c2)CC(C(=O)O)O1. The number of carbonyl (C=O) groups excluding carboxylic acids is 1. The number of ether oxygens (including phenoxy) is 1. The quantitative estimate of drug-likeness (QED) is 0.897. The van der Waals surface area contributed by atoms with Gasteiger partial charge in [-0.05, 0) is 31.0 Å². The van der Waals surface area contributed by atoms with Gasteiger partial charge < -0.3 is 14.7 Å². The summed E-state index contributed by atoms with van der Waals surface area (Å²) in [5.74, 6) is -1.05. The lowest BCUT2D eigenvalue weighted by Gasteiger charge is -2.35. The summed E-state index contributed by atoms with van der Waals surface area (Å²) in [6.45, 7) is 2.35. The molecule has 21 heavy (non-hydrogen) atoms. The van der Waals surface area contributed by atoms with Crippen LogP contribution in [0, 0.1) is 0 Å². The van der Waals surface area contributed by atoms with Crippen LogP contribution in [0.4, 0.5) is 0 Å². The van der Waals surface area contributed by atoms with Crippen molar-refractivity contribution in [1.82, 2.24) is 4.90 Å². The first-order chi connectivity index (χ1) is 9.95. The molecule has 2 atom stereocenters. The highest BCUT2D eigenvalue weighted by Crippen LogP contribution is 2.16. The average Bonchev–Trinajstić information content (AvgIpc) is 2.44. The van der Waals surface area contributed by atoms with Gasteiger partial charge in [-0.3, -0.25) is 4.79 Å². The third-order valence-corrected chi connectivity index (χ3v) is 3.90. The Morgan fingerprint density at radius 3 is 2.86 bits per heavy atom. The van der Waals surface area contributed by atoms with Crippen molar-refractivity contribution in [2.45, 2.75) is 32.0 Å². The summed E-state index contributed by atoms with van der Waals surface area (Å²) in [6, 6.07) is 7.82. The Kier molecular flexibility index (Phi) is 5.36. The number of carboxylic acids is 1. The van der Waals surface area contributed by atoms with Crippen molar-refractivity contribution < 1.29 is 19.4 Å². The second kappa shape index (κ2) is 7.04. The minimum Gasteiger partial charge on any atom is -0.479 e. The van der Waals surface area contributed by atoms with Gasteiger partial charge in [-0.2, -0.15) is 0 Å². The maximum absolute atomic E-state index is 12.2. The fourth-order valence-corrected chi connectivity index (χ4v) is 2.84. The fourth-order valence-electron chi connectivity index (χ4n) is 2.39. The molecule has 0 aliphatic carbocycles. The molecule has 0 saturated carbocycles. The zero-order valence-corrected chi connectivity index (χ0v) is 13.4. The normalized spacial score (nSPS) is 22.1. The number of morpholine rings is 1. The molecule has 1 N–H and O–H groups in total. The molecule has 5 nitrogen and oxygen atoms in total. The summed E-state index contributed by atoms with van der Waals surface area (Å²) < 4.78 is 6.29. The zero-order chi connectivity index (χ0) is 15.4. The maximum atomic E-state index is 12.2. The van der Waals surface area contributed by atoms with E-state index in [1.165, 1.54) is 0 Å². The molecule has 2 rings (SSSR count). The van der Waals surface area contributed by atoms with Gasteiger partial charge in [0.2, 0.25) is 5.91 Å². The number of aryl methyl sites for hydroxylation is 1. The van der Waals surface area contributed by atoms with Crippen molar-refractivity contribution in [2.24, 2.45) is 0 Å². The Morgan fingerprint density at radius 1 is 1.43 bits per heavy atom. The molecule has 1 aromatic rings. The summed E-state index contributed by atoms with van der Waals surface area (Å²) >= 11 is 3.40. The lowest BCUT2D eigenvalue weighted by atomic mass is 10.1. The molecule has 1 amide bonds. The molecule has 1 aliphatic heterocycles. The van der Waals surface area contributed by atoms with Crippen molar-refractivity contribution in [2.75, 3.05) is 13.1 Å². The fraction of sp³-hybridized carbons (Fsp3) is 0.467. The Balaban J connectivity index is 1.92. The van der Waals surface area contributed by atoms with Crippen LogP contribution in [0.1, 0.15) is 18.9 Å². The number of benzene rings is 1. The molecule has 0 radical (unpaired) electrons. The maximum Gasteiger partial charge on any atom is 0.334 e. The van der Waals surface area contributed by atoms with Gasteiger partial charge in [-0.15, -0.1) is 0 Å². The predicted molar refractivity (Wildman–Crippen MR) is 81.0 cm³/mol. The molecule has 6 heteroatoms. The number of rotatable bonds is 4. The first-order valence-electron chi connectivity index (χ1n) is 6.86. The van der Waals surface area contributed by atoms with Crippen LogP contribution in [0.15, 0.2) is 28.7 Å². The Bertz CT molecular complexity index is 534. The van der Waals surface area contributed by atoms with E-state index in [2.05, 4.69) is 15.9 Å². The minimum absolute atomic E-state index is 0.0311. The van der Waals surface area contributed by atoms with Crippen LogP contribution < -0.4 is 0 Å². The number of hydrogen-bond acceptors (Lipinski definition) is 3. The number of amides is 1. The van der Waals surface area contributed by atoms with E-state index in [1.54, 1.807) is 11.8 Å². The average molecular weight is 356 g/mol. The van der Waals surface area contributed by atoms with Gasteiger partial charge in [0.05, 0.1) is 12.6 Å². The highest BCUT2D eigenvalue weighted by atomic mass is 79.9. The first kappa shape index (κ1) is 16.0. The van der Waals surface area contributed by atoms with Gasteiger partial charge in [0.25, 0.3) is 0 Å². The van der Waals surface area contributed by atoms with Gasteiger partial charge in [0, 0.05) is 17.4 Å². The zero-order valence-electron chi connectivity index (χ0n) is 11.8. The largest absolute Gasteiger partial charge is 0.479 e. The number of aliphatic carboxylic acids is 1. The van der Waals surface area contributed by atoms with Gasteiger partial charge in [0.1, 0.15) is 0 Å². The first-order valence-corrected chi connectivity index (χ1v) is 7.65. The van der Waals surface area contributed by atoms with Gasteiger partial charge >= 0.3 is 5.97 Å². The molecule has 0 bridgehead atoms. The Labute approximate surface area is 132 Å². The van der Waals surface area contributed by atoms with Crippen molar-refractivity contribution in [3.05, 3.63) is 34.3 Å². The Morgan fingerprint density at radius 2 is 2.19 bits per heavy atom. The highest BCUT2D eigenvalue weighted by Gasteiger charge is 2.32. The van der Waals surface area contributed by atoms with Gasteiger partial charge in [0.15, 0.2) is 6.10 Å². The van der Waals surface area contributed by atoms with E-state index in [4.69, 9.17) is 9.84 Å². The van der Waals surface area contributed by atoms with E-state index in [0.717, 1.165) is 10.0 Å². The van der Waals surface area contributed by atoms with E-state index in [1.807, 2.05) is 24.3 Å². The van der Waals surface area contributed by atoms with E-state index < -0.39 is 12.1 Å². The summed E-state index contributed by atoms with van der Waals surface area (Å²) in [7, 11) is 0. The van der Waals surface area contributed by atoms with Crippen molar-refractivity contribution in [1.29, 1.82) is 0 Å². The van der Waals surface area contributed by atoms with E-state index in [9.17, 15) is 9.59 Å². The van der Waals surface area contributed by atoms with Crippen LogP contribution in [-0.2, 0) is 20.7 Å². The standard InChI is InChI=1S/C15H18BrNO4/c1-10-8-17(9-13(21-10)15(19)20)14(18)6-5-11-3-2-4-12(16)7-11/h2-4,7,10,13H,5-6,8-9H2,1H3,(H,19,20)/t10-,13?/m1/s1. The minimum atomic E-state index is -1.02. The third kappa shape index (κ3) is 4.54. The topological polar surface area (TPSA) is 66.8 Å². The predicted octanol–water partition coefficient (Wildman–Crippen LogP) is 2.08. The number of carbonyl (C=O) groups is 2. The van der Waals surface area contributed by atoms with Crippen LogP contribution in [0.5, 0.6) is 0 Å². The van der Waals surface area contributed by atoms with Crippen molar-refractivity contribution in [3.63, 3.8) is 0 Å². The number of carboxylic acid groups (broad SMARTS) is 1. The van der Waals surface area contributed by atoms with Gasteiger partial charge in [-0.25, -0.2) is 4.79 Å². The van der Waals surface area contributed by atoms with Crippen LogP contribution in [0.25, 0.3) is 0 Å². The molecule has 0 spiro atoms. The van der Waals surface area contributed by atoms with E-state index in [-0.39, 0.29) is 18.6 Å². The van der Waals surface area contributed by atoms with Gasteiger partial charge in [-0.1, -0.05) is 28.1 Å². The highest BCUT2D eigenvalue weighted by molar-refractivity contribution is 9.10. The monoisotopic (exact) mass is 355 g/mol. The van der Waals surface area contributed by atoms with Crippen LogP contribution >= 0.6 is 15.9 Å². The summed E-state index contributed by atoms with van der Waals surface area (Å²) in [5.41, 5.74) is 1.08. The van der Waals surface area contributed by atoms with Crippen molar-refractivity contribution >= 4 is 27.8 Å². The molecule has 1 unspecified atom stereocenters. The molecule has 1 fully saturated rings. The van der Waals surface area contributed by atoms with E-state index in [0.29, 0.717) is 19.4 Å². The Hall–Kier alpha value is -1.40. The summed E-state index contributed by atoms with van der Waals surface area (Å²) in [5, 5.41) is 9.03.